The molecule has 0 aromatic carbocycles. The summed E-state index contributed by atoms with van der Waals surface area (Å²) in [5.41, 5.74) is 0. The zero-order chi connectivity index (χ0) is 8.53. The SMILES string of the molecule is CCOC(=O)CCCCC=N. The quantitative estimate of drug-likeness (QED) is 0.363. The Labute approximate surface area is 67.3 Å². The molecular weight excluding hydrogens is 142 g/mol. The van der Waals surface area contributed by atoms with E-state index in [1.807, 2.05) is 0 Å². The van der Waals surface area contributed by atoms with Crippen molar-refractivity contribution in [3.05, 3.63) is 0 Å². The first kappa shape index (κ1) is 10.1. The zero-order valence-corrected chi connectivity index (χ0v) is 6.93. The highest BCUT2D eigenvalue weighted by molar-refractivity contribution is 5.69. The number of nitrogens with one attached hydrogen (secondary N) is 1. The largest absolute Gasteiger partial charge is 0.466 e. The first-order valence-corrected chi connectivity index (χ1v) is 3.95. The van der Waals surface area contributed by atoms with E-state index in [9.17, 15) is 4.79 Å². The van der Waals surface area contributed by atoms with Crippen molar-refractivity contribution in [2.24, 2.45) is 0 Å². The molecule has 0 aromatic heterocycles. The van der Waals surface area contributed by atoms with Crippen LogP contribution in [0.5, 0.6) is 0 Å². The normalized spacial score (nSPS) is 9.18. The Balaban J connectivity index is 3.10. The van der Waals surface area contributed by atoms with Gasteiger partial charge in [-0.25, -0.2) is 0 Å². The second-order valence-electron chi connectivity index (χ2n) is 2.25. The van der Waals surface area contributed by atoms with E-state index in [2.05, 4.69) is 0 Å². The maximum atomic E-state index is 10.7. The summed E-state index contributed by atoms with van der Waals surface area (Å²) >= 11 is 0. The van der Waals surface area contributed by atoms with Gasteiger partial charge in [-0.3, -0.25) is 4.79 Å². The van der Waals surface area contributed by atoms with E-state index in [4.69, 9.17) is 10.1 Å². The Morgan fingerprint density at radius 3 is 2.82 bits per heavy atom. The van der Waals surface area contributed by atoms with Crippen LogP contribution in [0.15, 0.2) is 0 Å². The zero-order valence-electron chi connectivity index (χ0n) is 6.93. The Kier molecular flexibility index (Phi) is 6.68. The summed E-state index contributed by atoms with van der Waals surface area (Å²) in [4.78, 5) is 10.7. The van der Waals surface area contributed by atoms with Crippen LogP contribution < -0.4 is 0 Å². The molecule has 0 aliphatic carbocycles. The summed E-state index contributed by atoms with van der Waals surface area (Å²) in [5.74, 6) is -0.127. The van der Waals surface area contributed by atoms with Crippen LogP contribution in [0.1, 0.15) is 32.6 Å². The number of esters is 1. The van der Waals surface area contributed by atoms with Crippen LogP contribution in [0.25, 0.3) is 0 Å². The molecule has 0 rings (SSSR count). The van der Waals surface area contributed by atoms with Crippen LogP contribution in [0.2, 0.25) is 0 Å². The summed E-state index contributed by atoms with van der Waals surface area (Å²) in [6.07, 6.45) is 4.35. The second-order valence-corrected chi connectivity index (χ2v) is 2.25. The van der Waals surface area contributed by atoms with Gasteiger partial charge in [-0.05, 0) is 32.4 Å². The van der Waals surface area contributed by atoms with Gasteiger partial charge in [-0.2, -0.15) is 0 Å². The van der Waals surface area contributed by atoms with Crippen molar-refractivity contribution in [3.8, 4) is 0 Å². The van der Waals surface area contributed by atoms with Crippen molar-refractivity contribution in [1.82, 2.24) is 0 Å². The fourth-order valence-electron chi connectivity index (χ4n) is 0.749. The molecule has 11 heavy (non-hydrogen) atoms. The minimum atomic E-state index is -0.127. The molecule has 0 fully saturated rings. The smallest absolute Gasteiger partial charge is 0.305 e. The lowest BCUT2D eigenvalue weighted by Gasteiger charge is -1.99. The Bertz CT molecular complexity index is 123. The van der Waals surface area contributed by atoms with E-state index >= 15 is 0 Å². The maximum absolute atomic E-state index is 10.7. The summed E-state index contributed by atoms with van der Waals surface area (Å²) in [6, 6.07) is 0. The van der Waals surface area contributed by atoms with E-state index in [1.165, 1.54) is 6.21 Å². The van der Waals surface area contributed by atoms with Crippen LogP contribution in [-0.4, -0.2) is 18.8 Å². The van der Waals surface area contributed by atoms with Gasteiger partial charge in [0.2, 0.25) is 0 Å². The first-order chi connectivity index (χ1) is 5.31. The Hall–Kier alpha value is -0.860. The lowest BCUT2D eigenvalue weighted by molar-refractivity contribution is -0.143. The number of hydrogen-bond donors (Lipinski definition) is 1. The van der Waals surface area contributed by atoms with E-state index < -0.39 is 0 Å². The molecule has 0 heterocycles. The van der Waals surface area contributed by atoms with Crippen LogP contribution in [-0.2, 0) is 9.53 Å². The monoisotopic (exact) mass is 157 g/mol. The van der Waals surface area contributed by atoms with Gasteiger partial charge in [-0.15, -0.1) is 0 Å². The molecule has 0 saturated heterocycles. The van der Waals surface area contributed by atoms with Gasteiger partial charge >= 0.3 is 5.97 Å². The predicted molar refractivity (Wildman–Crippen MR) is 43.9 cm³/mol. The summed E-state index contributed by atoms with van der Waals surface area (Å²) in [6.45, 7) is 2.26. The molecule has 0 aliphatic heterocycles. The highest BCUT2D eigenvalue weighted by atomic mass is 16.5. The van der Waals surface area contributed by atoms with Gasteiger partial charge in [0.15, 0.2) is 0 Å². The number of hydrogen-bond acceptors (Lipinski definition) is 3. The van der Waals surface area contributed by atoms with Crippen molar-refractivity contribution in [3.63, 3.8) is 0 Å². The fourth-order valence-corrected chi connectivity index (χ4v) is 0.749. The Morgan fingerprint density at radius 2 is 2.27 bits per heavy atom. The predicted octanol–water partition coefficient (Wildman–Crippen LogP) is 1.76. The van der Waals surface area contributed by atoms with E-state index in [-0.39, 0.29) is 5.97 Å². The summed E-state index contributed by atoms with van der Waals surface area (Å²) in [5, 5.41) is 6.73. The topological polar surface area (TPSA) is 50.2 Å². The van der Waals surface area contributed by atoms with Crippen molar-refractivity contribution < 1.29 is 9.53 Å². The fraction of sp³-hybridized carbons (Fsp3) is 0.750. The number of ether oxygens (including phenoxy) is 1. The van der Waals surface area contributed by atoms with Gasteiger partial charge < -0.3 is 10.1 Å². The third-order valence-electron chi connectivity index (χ3n) is 1.28. The molecule has 3 heteroatoms. The number of rotatable bonds is 6. The molecule has 0 saturated carbocycles. The van der Waals surface area contributed by atoms with Crippen LogP contribution in [0, 0.1) is 5.41 Å². The standard InChI is InChI=1S/C8H15NO2/c1-2-11-8(10)6-4-3-5-7-9/h7,9H,2-6H2,1H3. The number of carbonyl (C=O) groups excluding carboxylic acids is 1. The molecule has 0 bridgehead atoms. The average Bonchev–Trinajstić information content (AvgIpc) is 1.99. The lowest BCUT2D eigenvalue weighted by Crippen LogP contribution is -2.03. The van der Waals surface area contributed by atoms with Gasteiger partial charge in [-0.1, -0.05) is 0 Å². The first-order valence-electron chi connectivity index (χ1n) is 3.95. The van der Waals surface area contributed by atoms with Crippen molar-refractivity contribution in [2.75, 3.05) is 6.61 Å². The highest BCUT2D eigenvalue weighted by Gasteiger charge is 1.99. The van der Waals surface area contributed by atoms with Crippen LogP contribution in [0.3, 0.4) is 0 Å². The van der Waals surface area contributed by atoms with Crippen molar-refractivity contribution in [2.45, 2.75) is 32.6 Å². The van der Waals surface area contributed by atoms with Gasteiger partial charge in [0.1, 0.15) is 0 Å². The number of carbonyl (C=O) groups is 1. The van der Waals surface area contributed by atoms with Gasteiger partial charge in [0, 0.05) is 6.42 Å². The molecule has 0 radical (unpaired) electrons. The Morgan fingerprint density at radius 1 is 1.55 bits per heavy atom. The third-order valence-corrected chi connectivity index (χ3v) is 1.28. The molecular formula is C8H15NO2. The molecule has 3 nitrogen and oxygen atoms in total. The molecule has 0 amide bonds. The second kappa shape index (κ2) is 7.25. The van der Waals surface area contributed by atoms with Gasteiger partial charge in [0.05, 0.1) is 6.61 Å². The van der Waals surface area contributed by atoms with Crippen LogP contribution in [0.4, 0.5) is 0 Å². The minimum absolute atomic E-state index is 0.127. The molecule has 1 N–H and O–H groups in total. The number of unbranched alkanes of at least 4 members (excludes halogenated alkanes) is 2. The summed E-state index contributed by atoms with van der Waals surface area (Å²) in [7, 11) is 0. The molecule has 0 atom stereocenters. The van der Waals surface area contributed by atoms with E-state index in [1.54, 1.807) is 6.92 Å². The van der Waals surface area contributed by atoms with E-state index in [0.717, 1.165) is 19.3 Å². The third kappa shape index (κ3) is 7.03. The molecule has 0 spiro atoms. The van der Waals surface area contributed by atoms with E-state index in [0.29, 0.717) is 13.0 Å². The van der Waals surface area contributed by atoms with Crippen molar-refractivity contribution >= 4 is 12.2 Å². The molecule has 0 unspecified atom stereocenters. The van der Waals surface area contributed by atoms with Crippen LogP contribution >= 0.6 is 0 Å². The average molecular weight is 157 g/mol. The maximum Gasteiger partial charge on any atom is 0.305 e. The lowest BCUT2D eigenvalue weighted by atomic mass is 10.2. The molecule has 64 valence electrons. The summed E-state index contributed by atoms with van der Waals surface area (Å²) < 4.78 is 4.73. The minimum Gasteiger partial charge on any atom is -0.466 e. The highest BCUT2D eigenvalue weighted by Crippen LogP contribution is 1.99. The molecule has 0 aliphatic rings. The van der Waals surface area contributed by atoms with Crippen molar-refractivity contribution in [1.29, 1.82) is 5.41 Å². The molecule has 0 aromatic rings. The van der Waals surface area contributed by atoms with Gasteiger partial charge in [0.25, 0.3) is 0 Å².